The Bertz CT molecular complexity index is 753. The van der Waals surface area contributed by atoms with E-state index in [1.54, 1.807) is 11.8 Å². The molecule has 7 heteroatoms. The number of rotatable bonds is 5. The highest BCUT2D eigenvalue weighted by atomic mass is 32.2. The van der Waals surface area contributed by atoms with Crippen LogP contribution in [0.2, 0.25) is 0 Å². The van der Waals surface area contributed by atoms with Crippen molar-refractivity contribution in [3.8, 4) is 0 Å². The lowest BCUT2D eigenvalue weighted by atomic mass is 9.77. The molecule has 0 unspecified atom stereocenters. The first kappa shape index (κ1) is 18.9. The van der Waals surface area contributed by atoms with E-state index < -0.39 is 29.4 Å². The average Bonchev–Trinajstić information content (AvgIpc) is 3.10. The second-order valence-corrected chi connectivity index (χ2v) is 7.91. The third-order valence-electron chi connectivity index (χ3n) is 5.65. The first-order chi connectivity index (χ1) is 12.4. The normalized spacial score (nSPS) is 30.6. The lowest BCUT2D eigenvalue weighted by molar-refractivity contribution is -0.154. The van der Waals surface area contributed by atoms with E-state index in [-0.39, 0.29) is 11.8 Å². The van der Waals surface area contributed by atoms with Crippen LogP contribution in [0.25, 0.3) is 0 Å². The number of hydrogen-bond acceptors (Lipinski definition) is 6. The van der Waals surface area contributed by atoms with Crippen molar-refractivity contribution in [2.45, 2.75) is 24.9 Å². The van der Waals surface area contributed by atoms with E-state index >= 15 is 0 Å². The largest absolute Gasteiger partial charge is 0.468 e. The van der Waals surface area contributed by atoms with Crippen molar-refractivity contribution in [2.75, 3.05) is 26.2 Å². The first-order valence-electron chi connectivity index (χ1n) is 8.61. The van der Waals surface area contributed by atoms with Gasteiger partial charge >= 0.3 is 5.97 Å². The van der Waals surface area contributed by atoms with Gasteiger partial charge in [0.1, 0.15) is 5.54 Å². The van der Waals surface area contributed by atoms with E-state index in [1.165, 1.54) is 14.2 Å². The van der Waals surface area contributed by atoms with Crippen LogP contribution in [0, 0.1) is 18.8 Å². The van der Waals surface area contributed by atoms with Crippen molar-refractivity contribution in [3.63, 3.8) is 0 Å². The molecule has 1 aromatic carbocycles. The molecular weight excluding hydrogens is 352 g/mol. The molecule has 26 heavy (non-hydrogen) atoms. The maximum atomic E-state index is 12.9. The van der Waals surface area contributed by atoms with Gasteiger partial charge < -0.3 is 4.74 Å². The number of nitrogens with one attached hydrogen (secondary N) is 1. The standard InChI is InChI=1S/C19H24N2O4S/c1-11-7-5-6-8-12(11)15-13-14(17(23)21(2)16(13)22)19(20-15,9-10-26-4)18(24)25-3/h5-8,13-15,20H,9-10H2,1-4H3/t13-,14-,15-,19-/m0/s1. The van der Waals surface area contributed by atoms with Crippen LogP contribution in [-0.4, -0.2) is 54.4 Å². The predicted octanol–water partition coefficient (Wildman–Crippen LogP) is 1.54. The third-order valence-corrected chi connectivity index (χ3v) is 6.26. The number of benzene rings is 1. The van der Waals surface area contributed by atoms with E-state index in [9.17, 15) is 14.4 Å². The summed E-state index contributed by atoms with van der Waals surface area (Å²) in [6.45, 7) is 1.97. The highest BCUT2D eigenvalue weighted by molar-refractivity contribution is 7.98. The number of aryl methyl sites for hydroxylation is 1. The van der Waals surface area contributed by atoms with Crippen LogP contribution in [0.5, 0.6) is 0 Å². The number of carbonyl (C=O) groups excluding carboxylic acids is 3. The van der Waals surface area contributed by atoms with Gasteiger partial charge in [-0.3, -0.25) is 24.6 Å². The Labute approximate surface area is 157 Å². The fourth-order valence-corrected chi connectivity index (χ4v) is 4.84. The Balaban J connectivity index is 2.15. The fourth-order valence-electron chi connectivity index (χ4n) is 4.31. The number of esters is 1. The van der Waals surface area contributed by atoms with Gasteiger partial charge in [0.05, 0.1) is 18.9 Å². The van der Waals surface area contributed by atoms with Crippen LogP contribution in [0.1, 0.15) is 23.6 Å². The van der Waals surface area contributed by atoms with Crippen molar-refractivity contribution in [1.82, 2.24) is 10.2 Å². The summed E-state index contributed by atoms with van der Waals surface area (Å²) in [5, 5.41) is 3.37. The molecule has 0 aromatic heterocycles. The molecule has 0 aliphatic carbocycles. The molecule has 140 valence electrons. The summed E-state index contributed by atoms with van der Waals surface area (Å²) in [7, 11) is 2.82. The number of hydrogen-bond donors (Lipinski definition) is 1. The summed E-state index contributed by atoms with van der Waals surface area (Å²) in [6, 6.07) is 7.35. The molecule has 2 aliphatic rings. The van der Waals surface area contributed by atoms with Gasteiger partial charge in [0, 0.05) is 13.1 Å². The molecule has 2 saturated heterocycles. The maximum Gasteiger partial charge on any atom is 0.326 e. The second kappa shape index (κ2) is 7.04. The summed E-state index contributed by atoms with van der Waals surface area (Å²) in [5.74, 6) is -1.70. The molecule has 1 aromatic rings. The monoisotopic (exact) mass is 376 g/mol. The highest BCUT2D eigenvalue weighted by Gasteiger charge is 2.67. The van der Waals surface area contributed by atoms with E-state index in [4.69, 9.17) is 4.74 Å². The zero-order valence-electron chi connectivity index (χ0n) is 15.4. The van der Waals surface area contributed by atoms with Gasteiger partial charge in [-0.1, -0.05) is 24.3 Å². The van der Waals surface area contributed by atoms with E-state index in [0.29, 0.717) is 12.2 Å². The molecule has 1 N–H and O–H groups in total. The van der Waals surface area contributed by atoms with E-state index in [2.05, 4.69) is 5.32 Å². The third kappa shape index (κ3) is 2.65. The van der Waals surface area contributed by atoms with Gasteiger partial charge in [-0.2, -0.15) is 11.8 Å². The molecule has 2 heterocycles. The van der Waals surface area contributed by atoms with Crippen LogP contribution in [0.15, 0.2) is 24.3 Å². The van der Waals surface area contributed by atoms with E-state index in [1.807, 2.05) is 37.4 Å². The first-order valence-corrected chi connectivity index (χ1v) is 10.0. The van der Waals surface area contributed by atoms with Gasteiger partial charge in [0.2, 0.25) is 11.8 Å². The SMILES string of the molecule is COC(=O)[C@@]1(CCSC)N[C@@H](c2ccccc2C)[C@H]2C(=O)N(C)C(=O)[C@H]21. The topological polar surface area (TPSA) is 75.7 Å². The molecule has 2 amide bonds. The van der Waals surface area contributed by atoms with Crippen LogP contribution >= 0.6 is 11.8 Å². The summed E-state index contributed by atoms with van der Waals surface area (Å²) < 4.78 is 5.08. The van der Waals surface area contributed by atoms with Crippen LogP contribution < -0.4 is 5.32 Å². The lowest BCUT2D eigenvalue weighted by Crippen LogP contribution is -2.56. The minimum Gasteiger partial charge on any atom is -0.468 e. The number of ether oxygens (including phenoxy) is 1. The Morgan fingerprint density at radius 3 is 2.62 bits per heavy atom. The van der Waals surface area contributed by atoms with Gasteiger partial charge in [-0.15, -0.1) is 0 Å². The number of methoxy groups -OCH3 is 1. The number of fused-ring (bicyclic) bond motifs is 1. The maximum absolute atomic E-state index is 12.9. The predicted molar refractivity (Wildman–Crippen MR) is 99.6 cm³/mol. The molecule has 4 atom stereocenters. The number of amides is 2. The summed E-state index contributed by atoms with van der Waals surface area (Å²) in [5.41, 5.74) is 0.769. The number of thioether (sulfide) groups is 1. The zero-order chi connectivity index (χ0) is 19.1. The van der Waals surface area contributed by atoms with Crippen molar-refractivity contribution < 1.29 is 19.1 Å². The van der Waals surface area contributed by atoms with Gasteiger partial charge in [-0.25, -0.2) is 0 Å². The fraction of sp³-hybridized carbons (Fsp3) is 0.526. The van der Waals surface area contributed by atoms with Gasteiger partial charge in [0.25, 0.3) is 0 Å². The van der Waals surface area contributed by atoms with Crippen molar-refractivity contribution in [2.24, 2.45) is 11.8 Å². The molecule has 0 radical (unpaired) electrons. The minimum absolute atomic E-state index is 0.240. The van der Waals surface area contributed by atoms with Gasteiger partial charge in [-0.05, 0) is 36.5 Å². The molecule has 0 spiro atoms. The molecule has 0 bridgehead atoms. The Hall–Kier alpha value is -1.86. The van der Waals surface area contributed by atoms with Crippen LogP contribution in [0.4, 0.5) is 0 Å². The number of imide groups is 1. The van der Waals surface area contributed by atoms with E-state index in [0.717, 1.165) is 16.0 Å². The van der Waals surface area contributed by atoms with Crippen molar-refractivity contribution >= 4 is 29.5 Å². The highest BCUT2D eigenvalue weighted by Crippen LogP contribution is 2.50. The number of nitrogens with zero attached hydrogens (tertiary/aromatic N) is 1. The van der Waals surface area contributed by atoms with Crippen molar-refractivity contribution in [3.05, 3.63) is 35.4 Å². The quantitative estimate of drug-likeness (QED) is 0.621. The molecular formula is C19H24N2O4S. The average molecular weight is 376 g/mol. The Kier molecular flexibility index (Phi) is 5.12. The molecule has 0 saturated carbocycles. The minimum atomic E-state index is -1.19. The lowest BCUT2D eigenvalue weighted by Gasteiger charge is -2.32. The Morgan fingerprint density at radius 2 is 2.00 bits per heavy atom. The molecule has 6 nitrogen and oxygen atoms in total. The summed E-state index contributed by atoms with van der Waals surface area (Å²) in [4.78, 5) is 39.8. The number of likely N-dealkylation sites (tertiary alicyclic amines) is 1. The number of carbonyl (C=O) groups is 3. The smallest absolute Gasteiger partial charge is 0.326 e. The van der Waals surface area contributed by atoms with Gasteiger partial charge in [0.15, 0.2) is 0 Å². The van der Waals surface area contributed by atoms with Crippen LogP contribution in [0.3, 0.4) is 0 Å². The molecule has 2 aliphatic heterocycles. The second-order valence-electron chi connectivity index (χ2n) is 6.92. The molecule has 3 rings (SSSR count). The Morgan fingerprint density at radius 1 is 1.31 bits per heavy atom. The summed E-state index contributed by atoms with van der Waals surface area (Å²) >= 11 is 1.59. The van der Waals surface area contributed by atoms with Crippen molar-refractivity contribution in [1.29, 1.82) is 0 Å². The van der Waals surface area contributed by atoms with Crippen LogP contribution in [-0.2, 0) is 19.1 Å². The zero-order valence-corrected chi connectivity index (χ0v) is 16.3. The molecule has 2 fully saturated rings. The summed E-state index contributed by atoms with van der Waals surface area (Å²) in [6.07, 6.45) is 2.38.